The molecule has 1 heterocycles. The summed E-state index contributed by atoms with van der Waals surface area (Å²) in [7, 11) is 3.83. The van der Waals surface area contributed by atoms with Crippen molar-refractivity contribution in [3.8, 4) is 5.69 Å². The summed E-state index contributed by atoms with van der Waals surface area (Å²) in [5, 5.41) is 10.5. The highest BCUT2D eigenvalue weighted by Gasteiger charge is 2.29. The van der Waals surface area contributed by atoms with E-state index in [1.54, 1.807) is 16.7 Å². The molecule has 0 fully saturated rings. The molecule has 0 saturated heterocycles. The van der Waals surface area contributed by atoms with Crippen LogP contribution in [0.3, 0.4) is 0 Å². The van der Waals surface area contributed by atoms with Crippen LogP contribution in [0.15, 0.2) is 29.4 Å². The first-order valence-corrected chi connectivity index (χ1v) is 9.64. The summed E-state index contributed by atoms with van der Waals surface area (Å²) >= 11 is 1.18. The molecular formula is C18H25FN6O2S. The van der Waals surface area contributed by atoms with Gasteiger partial charge in [-0.2, -0.15) is 0 Å². The average Bonchev–Trinajstić information content (AvgIpc) is 3.02. The summed E-state index contributed by atoms with van der Waals surface area (Å²) < 4.78 is 15.2. The first-order chi connectivity index (χ1) is 13.1. The van der Waals surface area contributed by atoms with Crippen LogP contribution in [0.4, 0.5) is 9.18 Å². The van der Waals surface area contributed by atoms with Gasteiger partial charge in [0.2, 0.25) is 5.91 Å². The Hall–Kier alpha value is -2.46. The van der Waals surface area contributed by atoms with Crippen molar-refractivity contribution in [3.05, 3.63) is 35.9 Å². The standard InChI is InChI=1S/C18H25FN6O2S/c1-10(2)14(16(26)21-17(20)27)28-18-23-22-15(11(3)24(4)5)25(18)13-8-6-12(19)7-9-13/h6-11,14H,1-5H3,(H3,20,21,26,27)/t11-,14-/m1/s1. The van der Waals surface area contributed by atoms with E-state index in [1.165, 1.54) is 23.9 Å². The highest BCUT2D eigenvalue weighted by atomic mass is 32.2. The largest absolute Gasteiger partial charge is 0.351 e. The minimum Gasteiger partial charge on any atom is -0.351 e. The summed E-state index contributed by atoms with van der Waals surface area (Å²) in [5.74, 6) is -0.299. The van der Waals surface area contributed by atoms with E-state index in [4.69, 9.17) is 5.73 Å². The number of thioether (sulfide) groups is 1. The second-order valence-electron chi connectivity index (χ2n) is 6.93. The normalized spacial score (nSPS) is 13.6. The number of urea groups is 1. The molecule has 2 aromatic rings. The lowest BCUT2D eigenvalue weighted by atomic mass is 10.1. The van der Waals surface area contributed by atoms with E-state index in [1.807, 2.05) is 39.8 Å². The third kappa shape index (κ3) is 5.08. The highest BCUT2D eigenvalue weighted by molar-refractivity contribution is 8.00. The van der Waals surface area contributed by atoms with Crippen molar-refractivity contribution in [2.75, 3.05) is 14.1 Å². The molecule has 3 N–H and O–H groups in total. The van der Waals surface area contributed by atoms with Crippen LogP contribution in [0.2, 0.25) is 0 Å². The molecule has 1 aromatic carbocycles. The second-order valence-corrected chi connectivity index (χ2v) is 8.04. The lowest BCUT2D eigenvalue weighted by Gasteiger charge is -2.22. The van der Waals surface area contributed by atoms with Gasteiger partial charge in [0, 0.05) is 5.69 Å². The molecule has 2 rings (SSSR count). The fourth-order valence-corrected chi connectivity index (χ4v) is 3.55. The van der Waals surface area contributed by atoms with Crippen LogP contribution in [-0.4, -0.2) is 50.9 Å². The first-order valence-electron chi connectivity index (χ1n) is 8.76. The van der Waals surface area contributed by atoms with Gasteiger partial charge in [-0.15, -0.1) is 10.2 Å². The molecule has 0 aliphatic heterocycles. The van der Waals surface area contributed by atoms with Crippen molar-refractivity contribution in [1.29, 1.82) is 0 Å². The molecule has 8 nitrogen and oxygen atoms in total. The van der Waals surface area contributed by atoms with Gasteiger partial charge in [-0.3, -0.25) is 19.6 Å². The molecule has 0 saturated carbocycles. The number of nitrogens with one attached hydrogen (secondary N) is 1. The molecule has 0 bridgehead atoms. The third-order valence-electron chi connectivity index (χ3n) is 4.23. The minimum atomic E-state index is -0.904. The van der Waals surface area contributed by atoms with E-state index in [-0.39, 0.29) is 17.8 Å². The number of primary amides is 1. The van der Waals surface area contributed by atoms with E-state index < -0.39 is 17.2 Å². The molecule has 1 aromatic heterocycles. The zero-order chi connectivity index (χ0) is 21.0. The number of hydrogen-bond acceptors (Lipinski definition) is 6. The number of benzene rings is 1. The summed E-state index contributed by atoms with van der Waals surface area (Å²) in [4.78, 5) is 25.4. The number of hydrogen-bond donors (Lipinski definition) is 2. The van der Waals surface area contributed by atoms with E-state index in [0.717, 1.165) is 0 Å². The predicted molar refractivity (Wildman–Crippen MR) is 106 cm³/mol. The van der Waals surface area contributed by atoms with Gasteiger partial charge in [0.25, 0.3) is 0 Å². The summed E-state index contributed by atoms with van der Waals surface area (Å²) in [6.07, 6.45) is 0. The first kappa shape index (κ1) is 21.8. The number of carbonyl (C=O) groups is 2. The van der Waals surface area contributed by atoms with Gasteiger partial charge in [0.15, 0.2) is 11.0 Å². The van der Waals surface area contributed by atoms with Crippen LogP contribution in [0, 0.1) is 11.7 Å². The van der Waals surface area contributed by atoms with Gasteiger partial charge >= 0.3 is 6.03 Å². The number of amides is 3. The predicted octanol–water partition coefficient (Wildman–Crippen LogP) is 2.34. The van der Waals surface area contributed by atoms with Crippen LogP contribution in [0.1, 0.15) is 32.6 Å². The van der Waals surface area contributed by atoms with Crippen LogP contribution in [0.5, 0.6) is 0 Å². The summed E-state index contributed by atoms with van der Waals surface area (Å²) in [6, 6.07) is 4.98. The molecule has 3 amide bonds. The summed E-state index contributed by atoms with van der Waals surface area (Å²) in [5.41, 5.74) is 5.76. The Labute approximate surface area is 167 Å². The molecular weight excluding hydrogens is 383 g/mol. The fourth-order valence-electron chi connectivity index (χ4n) is 2.49. The second kappa shape index (κ2) is 9.16. The zero-order valence-electron chi connectivity index (χ0n) is 16.5. The Morgan fingerprint density at radius 1 is 1.18 bits per heavy atom. The zero-order valence-corrected chi connectivity index (χ0v) is 17.3. The molecule has 10 heteroatoms. The molecule has 0 spiro atoms. The molecule has 28 heavy (non-hydrogen) atoms. The number of halogens is 1. The van der Waals surface area contributed by atoms with Crippen molar-refractivity contribution in [2.45, 2.75) is 37.2 Å². The fraction of sp³-hybridized carbons (Fsp3) is 0.444. The smallest absolute Gasteiger partial charge is 0.318 e. The van der Waals surface area contributed by atoms with Crippen molar-refractivity contribution >= 4 is 23.7 Å². The number of nitrogens with zero attached hydrogens (tertiary/aromatic N) is 4. The Morgan fingerprint density at radius 2 is 1.79 bits per heavy atom. The van der Waals surface area contributed by atoms with Crippen LogP contribution >= 0.6 is 11.8 Å². The van der Waals surface area contributed by atoms with E-state index >= 15 is 0 Å². The van der Waals surface area contributed by atoms with Crippen LogP contribution < -0.4 is 11.1 Å². The SMILES string of the molecule is CC(C)[C@@H](Sc1nnc([C@@H](C)N(C)C)n1-c1ccc(F)cc1)C(=O)NC(N)=O. The van der Waals surface area contributed by atoms with E-state index in [0.29, 0.717) is 16.7 Å². The van der Waals surface area contributed by atoms with Gasteiger partial charge in [0.1, 0.15) is 5.82 Å². The number of imide groups is 1. The van der Waals surface area contributed by atoms with Gasteiger partial charge in [0.05, 0.1) is 11.3 Å². The van der Waals surface area contributed by atoms with Crippen molar-refractivity contribution in [1.82, 2.24) is 25.0 Å². The Bertz CT molecular complexity index is 837. The number of nitrogens with two attached hydrogens (primary N) is 1. The topological polar surface area (TPSA) is 106 Å². The van der Waals surface area contributed by atoms with Crippen molar-refractivity contribution in [3.63, 3.8) is 0 Å². The molecule has 2 atom stereocenters. The molecule has 0 aliphatic rings. The Kier molecular flexibility index (Phi) is 7.14. The Morgan fingerprint density at radius 3 is 2.29 bits per heavy atom. The lowest BCUT2D eigenvalue weighted by Crippen LogP contribution is -2.42. The van der Waals surface area contributed by atoms with Crippen molar-refractivity contribution in [2.24, 2.45) is 11.7 Å². The minimum absolute atomic E-state index is 0.0798. The van der Waals surface area contributed by atoms with Gasteiger partial charge in [-0.1, -0.05) is 25.6 Å². The van der Waals surface area contributed by atoms with Gasteiger partial charge < -0.3 is 5.73 Å². The average molecular weight is 409 g/mol. The van der Waals surface area contributed by atoms with E-state index in [2.05, 4.69) is 15.5 Å². The maximum absolute atomic E-state index is 13.4. The van der Waals surface area contributed by atoms with Gasteiger partial charge in [-0.05, 0) is 51.2 Å². The van der Waals surface area contributed by atoms with Crippen molar-refractivity contribution < 1.29 is 14.0 Å². The van der Waals surface area contributed by atoms with Crippen LogP contribution in [-0.2, 0) is 4.79 Å². The number of aromatic nitrogens is 3. The molecule has 0 aliphatic carbocycles. The molecule has 152 valence electrons. The number of rotatable bonds is 7. The molecule has 0 radical (unpaired) electrons. The monoisotopic (exact) mass is 408 g/mol. The molecule has 0 unspecified atom stereocenters. The quantitative estimate of drug-likeness (QED) is 0.681. The van der Waals surface area contributed by atoms with E-state index in [9.17, 15) is 14.0 Å². The maximum Gasteiger partial charge on any atom is 0.318 e. The summed E-state index contributed by atoms with van der Waals surface area (Å²) in [6.45, 7) is 5.69. The lowest BCUT2D eigenvalue weighted by molar-refractivity contribution is -0.120. The number of carbonyl (C=O) groups excluding carboxylic acids is 2. The van der Waals surface area contributed by atoms with Crippen LogP contribution in [0.25, 0.3) is 5.69 Å². The van der Waals surface area contributed by atoms with Gasteiger partial charge in [-0.25, -0.2) is 9.18 Å². The third-order valence-corrected chi connectivity index (χ3v) is 5.72. The highest BCUT2D eigenvalue weighted by Crippen LogP contribution is 2.32. The maximum atomic E-state index is 13.4. The Balaban J connectivity index is 2.49.